The van der Waals surface area contributed by atoms with E-state index in [0.717, 1.165) is 57.9 Å². The van der Waals surface area contributed by atoms with Crippen molar-refractivity contribution in [3.63, 3.8) is 0 Å². The van der Waals surface area contributed by atoms with Crippen LogP contribution in [-0.2, 0) is 22.4 Å². The molecule has 0 unspecified atom stereocenters. The van der Waals surface area contributed by atoms with Crippen LogP contribution < -0.4 is 20.1 Å². The third-order valence-electron chi connectivity index (χ3n) is 6.81. The Kier molecular flexibility index (Phi) is 10.7. The second kappa shape index (κ2) is 14.6. The monoisotopic (exact) mass is 570 g/mol. The molecule has 0 aromatic heterocycles. The zero-order valence-corrected chi connectivity index (χ0v) is 25.1. The molecule has 0 radical (unpaired) electrons. The minimum atomic E-state index is -0.403. The van der Waals surface area contributed by atoms with E-state index in [1.165, 1.54) is 12.5 Å². The van der Waals surface area contributed by atoms with Crippen LogP contribution in [0.3, 0.4) is 0 Å². The summed E-state index contributed by atoms with van der Waals surface area (Å²) < 4.78 is 17.5. The molecule has 42 heavy (non-hydrogen) atoms. The van der Waals surface area contributed by atoms with Gasteiger partial charge < -0.3 is 24.8 Å². The first-order chi connectivity index (χ1) is 20.2. The molecule has 0 atom stereocenters. The quantitative estimate of drug-likeness (QED) is 0.170. The highest BCUT2D eigenvalue weighted by Crippen LogP contribution is 2.26. The molecule has 2 N–H and O–H groups in total. The van der Waals surface area contributed by atoms with Gasteiger partial charge in [-0.05, 0) is 97.0 Å². The van der Waals surface area contributed by atoms with Crippen molar-refractivity contribution in [3.05, 3.63) is 83.9 Å². The van der Waals surface area contributed by atoms with E-state index in [0.29, 0.717) is 32.8 Å². The number of carbonyl (C=O) groups excluding carboxylic acids is 2. The lowest BCUT2D eigenvalue weighted by atomic mass is 10.0. The predicted molar refractivity (Wildman–Crippen MR) is 168 cm³/mol. The standard InChI is InChI=1S/C35H42N2O5/c1-25(38)36-19-17-28-11-7-9-26-13-15-30(23-32(26)28)40-20-5-6-21-41-31-16-14-27-10-8-12-29(33(27)24-31)18-22-42-34(39)37-35(2,3)4/h7-16,23-24H,5-6,17-22H2,1-4H3,(H,36,38)(H,37,39). The van der Waals surface area contributed by atoms with E-state index in [4.69, 9.17) is 14.2 Å². The molecule has 0 saturated carbocycles. The number of nitrogens with one attached hydrogen (secondary N) is 2. The van der Waals surface area contributed by atoms with Gasteiger partial charge in [0, 0.05) is 25.4 Å². The molecular formula is C35H42N2O5. The number of hydrogen-bond acceptors (Lipinski definition) is 5. The summed E-state index contributed by atoms with van der Waals surface area (Å²) in [6, 6.07) is 24.7. The number of carbonyl (C=O) groups is 2. The smallest absolute Gasteiger partial charge is 0.407 e. The molecule has 0 heterocycles. The molecule has 7 nitrogen and oxygen atoms in total. The van der Waals surface area contributed by atoms with Crippen LogP contribution in [0.25, 0.3) is 21.5 Å². The topological polar surface area (TPSA) is 85.9 Å². The molecule has 0 aliphatic rings. The van der Waals surface area contributed by atoms with Crippen LogP contribution in [0, 0.1) is 0 Å². The second-order valence-corrected chi connectivity index (χ2v) is 11.5. The van der Waals surface area contributed by atoms with Crippen molar-refractivity contribution in [3.8, 4) is 11.5 Å². The molecule has 4 rings (SSSR count). The summed E-state index contributed by atoms with van der Waals surface area (Å²) in [5.74, 6) is 1.65. The van der Waals surface area contributed by atoms with Crippen molar-refractivity contribution >= 4 is 33.5 Å². The van der Waals surface area contributed by atoms with Crippen LogP contribution in [-0.4, -0.2) is 43.9 Å². The molecule has 0 saturated heterocycles. The predicted octanol–water partition coefficient (Wildman–Crippen LogP) is 6.98. The van der Waals surface area contributed by atoms with Gasteiger partial charge in [0.1, 0.15) is 11.5 Å². The number of hydrogen-bond donors (Lipinski definition) is 2. The summed E-state index contributed by atoms with van der Waals surface area (Å²) in [7, 11) is 0. The Morgan fingerprint density at radius 1 is 0.714 bits per heavy atom. The van der Waals surface area contributed by atoms with Crippen molar-refractivity contribution < 1.29 is 23.8 Å². The van der Waals surface area contributed by atoms with Gasteiger partial charge in [-0.3, -0.25) is 4.79 Å². The van der Waals surface area contributed by atoms with Crippen molar-refractivity contribution in [2.45, 2.75) is 58.9 Å². The van der Waals surface area contributed by atoms with Gasteiger partial charge in [-0.1, -0.05) is 48.5 Å². The first kappa shape index (κ1) is 30.7. The van der Waals surface area contributed by atoms with E-state index in [2.05, 4.69) is 59.2 Å². The largest absolute Gasteiger partial charge is 0.494 e. The lowest BCUT2D eigenvalue weighted by Crippen LogP contribution is -2.41. The van der Waals surface area contributed by atoms with E-state index in [1.807, 2.05) is 45.0 Å². The molecule has 4 aromatic rings. The summed E-state index contributed by atoms with van der Waals surface area (Å²) in [6.07, 6.45) is 2.73. The maximum atomic E-state index is 12.0. The third kappa shape index (κ3) is 9.40. The fourth-order valence-corrected chi connectivity index (χ4v) is 4.80. The van der Waals surface area contributed by atoms with Crippen LogP contribution >= 0.6 is 0 Å². The molecule has 0 aliphatic heterocycles. The van der Waals surface area contributed by atoms with E-state index >= 15 is 0 Å². The minimum absolute atomic E-state index is 0.0158. The number of alkyl carbamates (subject to hydrolysis) is 1. The lowest BCUT2D eigenvalue weighted by molar-refractivity contribution is -0.118. The van der Waals surface area contributed by atoms with Crippen molar-refractivity contribution in [2.75, 3.05) is 26.4 Å². The molecular weight excluding hydrogens is 528 g/mol. The highest BCUT2D eigenvalue weighted by molar-refractivity contribution is 5.88. The zero-order valence-electron chi connectivity index (χ0n) is 25.1. The Balaban J connectivity index is 1.24. The number of unbranched alkanes of at least 4 members (excludes halogenated alkanes) is 1. The SMILES string of the molecule is CC(=O)NCCc1cccc2ccc(OCCCCOc3ccc4cccc(CCOC(=O)NC(C)(C)C)c4c3)cc12. The Morgan fingerprint density at radius 2 is 1.26 bits per heavy atom. The third-order valence-corrected chi connectivity index (χ3v) is 6.81. The summed E-state index contributed by atoms with van der Waals surface area (Å²) in [4.78, 5) is 23.2. The Labute approximate surface area is 248 Å². The van der Waals surface area contributed by atoms with E-state index in [9.17, 15) is 9.59 Å². The van der Waals surface area contributed by atoms with E-state index in [1.54, 1.807) is 0 Å². The highest BCUT2D eigenvalue weighted by atomic mass is 16.5. The molecule has 0 fully saturated rings. The van der Waals surface area contributed by atoms with Gasteiger partial charge >= 0.3 is 6.09 Å². The van der Waals surface area contributed by atoms with Crippen LogP contribution in [0.2, 0.25) is 0 Å². The first-order valence-electron chi connectivity index (χ1n) is 14.7. The molecule has 0 aliphatic carbocycles. The Hall–Kier alpha value is -4.26. The molecule has 4 aromatic carbocycles. The molecule has 222 valence electrons. The first-order valence-corrected chi connectivity index (χ1v) is 14.7. The normalized spacial score (nSPS) is 11.3. The van der Waals surface area contributed by atoms with E-state index in [-0.39, 0.29) is 11.4 Å². The van der Waals surface area contributed by atoms with Gasteiger partial charge in [0.05, 0.1) is 19.8 Å². The van der Waals surface area contributed by atoms with Crippen LogP contribution in [0.4, 0.5) is 4.79 Å². The Morgan fingerprint density at radius 3 is 1.79 bits per heavy atom. The van der Waals surface area contributed by atoms with Gasteiger partial charge in [0.15, 0.2) is 0 Å². The summed E-state index contributed by atoms with van der Waals surface area (Å²) >= 11 is 0. The average molecular weight is 571 g/mol. The lowest BCUT2D eigenvalue weighted by Gasteiger charge is -2.20. The van der Waals surface area contributed by atoms with Crippen LogP contribution in [0.1, 0.15) is 51.7 Å². The number of rotatable bonds is 13. The van der Waals surface area contributed by atoms with E-state index < -0.39 is 6.09 Å². The summed E-state index contributed by atoms with van der Waals surface area (Å²) in [5, 5.41) is 10.2. The maximum absolute atomic E-state index is 12.0. The zero-order chi connectivity index (χ0) is 30.0. The van der Waals surface area contributed by atoms with Crippen molar-refractivity contribution in [1.29, 1.82) is 0 Å². The number of fused-ring (bicyclic) bond motifs is 2. The van der Waals surface area contributed by atoms with Gasteiger partial charge in [0.2, 0.25) is 5.91 Å². The molecule has 0 bridgehead atoms. The Bertz CT molecular complexity index is 1510. The number of ether oxygens (including phenoxy) is 3. The van der Waals surface area contributed by atoms with Gasteiger partial charge in [-0.25, -0.2) is 4.79 Å². The average Bonchev–Trinajstić information content (AvgIpc) is 2.94. The fourth-order valence-electron chi connectivity index (χ4n) is 4.80. The molecule has 0 spiro atoms. The number of benzene rings is 4. The number of amides is 2. The highest BCUT2D eigenvalue weighted by Gasteiger charge is 2.14. The molecule has 2 amide bonds. The fraction of sp³-hybridized carbons (Fsp3) is 0.371. The molecule has 7 heteroatoms. The van der Waals surface area contributed by atoms with Gasteiger partial charge in [-0.2, -0.15) is 0 Å². The van der Waals surface area contributed by atoms with Crippen molar-refractivity contribution in [2.24, 2.45) is 0 Å². The second-order valence-electron chi connectivity index (χ2n) is 11.5. The van der Waals surface area contributed by atoms with Gasteiger partial charge in [0.25, 0.3) is 0 Å². The minimum Gasteiger partial charge on any atom is -0.494 e. The van der Waals surface area contributed by atoms with Crippen LogP contribution in [0.5, 0.6) is 11.5 Å². The maximum Gasteiger partial charge on any atom is 0.407 e. The van der Waals surface area contributed by atoms with Crippen molar-refractivity contribution in [1.82, 2.24) is 10.6 Å². The summed E-state index contributed by atoms with van der Waals surface area (Å²) in [5.41, 5.74) is 1.98. The van der Waals surface area contributed by atoms with Crippen LogP contribution in [0.15, 0.2) is 72.8 Å². The van der Waals surface area contributed by atoms with Gasteiger partial charge in [-0.15, -0.1) is 0 Å². The summed E-state index contributed by atoms with van der Waals surface area (Å²) in [6.45, 7) is 9.43.